The van der Waals surface area contributed by atoms with Gasteiger partial charge < -0.3 is 9.47 Å². The molecule has 100 valence electrons. The Labute approximate surface area is 104 Å². The number of piperidine rings is 1. The van der Waals surface area contributed by atoms with Gasteiger partial charge in [-0.05, 0) is 39.7 Å². The van der Waals surface area contributed by atoms with Gasteiger partial charge in [0.15, 0.2) is 0 Å². The monoisotopic (exact) mass is 243 g/mol. The Bertz CT molecular complexity index is 257. The van der Waals surface area contributed by atoms with Crippen LogP contribution in [0.15, 0.2) is 0 Å². The molecule has 0 radical (unpaired) electrons. The minimum absolute atomic E-state index is 0.102. The van der Waals surface area contributed by atoms with Crippen LogP contribution in [0.25, 0.3) is 0 Å². The number of carbonyl (C=O) groups is 1. The number of hydrogen-bond donors (Lipinski definition) is 0. The van der Waals surface area contributed by atoms with Crippen molar-refractivity contribution in [1.82, 2.24) is 4.90 Å². The largest absolute Gasteiger partial charge is 0.465 e. The van der Waals surface area contributed by atoms with E-state index in [1.54, 1.807) is 7.11 Å². The lowest BCUT2D eigenvalue weighted by Crippen LogP contribution is -2.53. The Morgan fingerprint density at radius 2 is 2.18 bits per heavy atom. The van der Waals surface area contributed by atoms with E-state index in [4.69, 9.17) is 9.47 Å². The van der Waals surface area contributed by atoms with Crippen molar-refractivity contribution in [2.75, 3.05) is 26.8 Å². The van der Waals surface area contributed by atoms with E-state index in [1.165, 1.54) is 0 Å². The molecular weight excluding hydrogens is 218 g/mol. The SMILES string of the molecule is CCOC(=O)[C@H](CC)N1CCC[C@](C)(OC)C1. The molecule has 1 heterocycles. The van der Waals surface area contributed by atoms with Gasteiger partial charge in [-0.15, -0.1) is 0 Å². The molecular formula is C13H25NO3. The number of likely N-dealkylation sites (tertiary alicyclic amines) is 1. The van der Waals surface area contributed by atoms with E-state index in [-0.39, 0.29) is 17.6 Å². The van der Waals surface area contributed by atoms with Crippen molar-refractivity contribution < 1.29 is 14.3 Å². The summed E-state index contributed by atoms with van der Waals surface area (Å²) in [4.78, 5) is 14.1. The molecule has 0 amide bonds. The molecule has 0 bridgehead atoms. The first-order valence-corrected chi connectivity index (χ1v) is 6.52. The van der Waals surface area contributed by atoms with E-state index in [2.05, 4.69) is 11.8 Å². The molecule has 0 saturated carbocycles. The van der Waals surface area contributed by atoms with Crippen LogP contribution in [0.3, 0.4) is 0 Å². The van der Waals surface area contributed by atoms with Crippen LogP contribution in [-0.4, -0.2) is 49.3 Å². The van der Waals surface area contributed by atoms with Crippen LogP contribution < -0.4 is 0 Å². The molecule has 0 aliphatic carbocycles. The number of methoxy groups -OCH3 is 1. The summed E-state index contributed by atoms with van der Waals surface area (Å²) in [6, 6.07) is -0.121. The maximum atomic E-state index is 11.9. The van der Waals surface area contributed by atoms with Crippen LogP contribution in [0.5, 0.6) is 0 Å². The van der Waals surface area contributed by atoms with Gasteiger partial charge in [0.2, 0.25) is 0 Å². The van der Waals surface area contributed by atoms with Gasteiger partial charge >= 0.3 is 5.97 Å². The summed E-state index contributed by atoms with van der Waals surface area (Å²) in [7, 11) is 1.74. The van der Waals surface area contributed by atoms with Crippen LogP contribution in [0, 0.1) is 0 Å². The highest BCUT2D eigenvalue weighted by atomic mass is 16.5. The van der Waals surface area contributed by atoms with E-state index in [9.17, 15) is 4.79 Å². The zero-order valence-electron chi connectivity index (χ0n) is 11.5. The van der Waals surface area contributed by atoms with Gasteiger partial charge in [0.1, 0.15) is 6.04 Å². The fourth-order valence-corrected chi connectivity index (χ4v) is 2.49. The van der Waals surface area contributed by atoms with Crippen molar-refractivity contribution in [2.45, 2.75) is 51.7 Å². The van der Waals surface area contributed by atoms with E-state index < -0.39 is 0 Å². The second-order valence-electron chi connectivity index (χ2n) is 4.90. The number of carbonyl (C=O) groups excluding carboxylic acids is 1. The summed E-state index contributed by atoms with van der Waals surface area (Å²) in [6.45, 7) is 8.19. The van der Waals surface area contributed by atoms with Gasteiger partial charge in [-0.25, -0.2) is 0 Å². The standard InChI is InChI=1S/C13H25NO3/c1-5-11(12(15)17-6-2)14-9-7-8-13(3,10-14)16-4/h11H,5-10H2,1-4H3/t11-,13-/m0/s1. The Hall–Kier alpha value is -0.610. The van der Waals surface area contributed by atoms with Gasteiger partial charge in [-0.3, -0.25) is 9.69 Å². The molecule has 0 N–H and O–H groups in total. The number of esters is 1. The first-order chi connectivity index (χ1) is 8.06. The topological polar surface area (TPSA) is 38.8 Å². The lowest BCUT2D eigenvalue weighted by Gasteiger charge is -2.42. The van der Waals surface area contributed by atoms with Crippen molar-refractivity contribution in [3.05, 3.63) is 0 Å². The quantitative estimate of drug-likeness (QED) is 0.691. The fourth-order valence-electron chi connectivity index (χ4n) is 2.49. The van der Waals surface area contributed by atoms with Crippen LogP contribution in [0.4, 0.5) is 0 Å². The van der Waals surface area contributed by atoms with Crippen molar-refractivity contribution in [1.29, 1.82) is 0 Å². The number of hydrogen-bond acceptors (Lipinski definition) is 4. The maximum Gasteiger partial charge on any atom is 0.323 e. The predicted molar refractivity (Wildman–Crippen MR) is 66.9 cm³/mol. The Morgan fingerprint density at radius 3 is 2.71 bits per heavy atom. The van der Waals surface area contributed by atoms with Crippen molar-refractivity contribution >= 4 is 5.97 Å². The molecule has 1 aliphatic rings. The maximum absolute atomic E-state index is 11.9. The van der Waals surface area contributed by atoms with E-state index in [1.807, 2.05) is 13.8 Å². The summed E-state index contributed by atoms with van der Waals surface area (Å²) >= 11 is 0. The predicted octanol–water partition coefficient (Wildman–Crippen LogP) is 1.83. The van der Waals surface area contributed by atoms with Gasteiger partial charge in [-0.2, -0.15) is 0 Å². The molecule has 1 saturated heterocycles. The highest BCUT2D eigenvalue weighted by Gasteiger charge is 2.36. The Morgan fingerprint density at radius 1 is 1.47 bits per heavy atom. The molecule has 4 heteroatoms. The third-order valence-corrected chi connectivity index (χ3v) is 3.57. The van der Waals surface area contributed by atoms with Crippen molar-refractivity contribution in [3.8, 4) is 0 Å². The minimum Gasteiger partial charge on any atom is -0.465 e. The van der Waals surface area contributed by atoms with Gasteiger partial charge in [0.05, 0.1) is 12.2 Å². The van der Waals surface area contributed by atoms with Crippen molar-refractivity contribution in [3.63, 3.8) is 0 Å². The van der Waals surface area contributed by atoms with Crippen LogP contribution in [0.2, 0.25) is 0 Å². The van der Waals surface area contributed by atoms with E-state index in [0.29, 0.717) is 6.61 Å². The zero-order valence-corrected chi connectivity index (χ0v) is 11.5. The molecule has 0 aromatic carbocycles. The smallest absolute Gasteiger partial charge is 0.323 e. The highest BCUT2D eigenvalue weighted by molar-refractivity contribution is 5.75. The minimum atomic E-state index is -0.127. The van der Waals surface area contributed by atoms with Crippen LogP contribution in [-0.2, 0) is 14.3 Å². The molecule has 0 unspecified atom stereocenters. The highest BCUT2D eigenvalue weighted by Crippen LogP contribution is 2.26. The molecule has 1 fully saturated rings. The third-order valence-electron chi connectivity index (χ3n) is 3.57. The van der Waals surface area contributed by atoms with E-state index >= 15 is 0 Å². The molecule has 1 aliphatic heterocycles. The average Bonchev–Trinajstić information content (AvgIpc) is 2.30. The second-order valence-corrected chi connectivity index (χ2v) is 4.90. The average molecular weight is 243 g/mol. The van der Waals surface area contributed by atoms with Gasteiger partial charge in [-0.1, -0.05) is 6.92 Å². The number of ether oxygens (including phenoxy) is 2. The number of nitrogens with zero attached hydrogens (tertiary/aromatic N) is 1. The Kier molecular flexibility index (Phi) is 5.40. The molecule has 4 nitrogen and oxygen atoms in total. The summed E-state index contributed by atoms with van der Waals surface area (Å²) < 4.78 is 10.7. The number of rotatable bonds is 5. The van der Waals surface area contributed by atoms with Crippen LogP contribution >= 0.6 is 0 Å². The molecule has 2 atom stereocenters. The summed E-state index contributed by atoms with van der Waals surface area (Å²) in [6.07, 6.45) is 2.91. The van der Waals surface area contributed by atoms with Crippen LogP contribution in [0.1, 0.15) is 40.0 Å². The lowest BCUT2D eigenvalue weighted by atomic mass is 9.93. The second kappa shape index (κ2) is 6.36. The Balaban J connectivity index is 2.65. The van der Waals surface area contributed by atoms with Crippen molar-refractivity contribution in [2.24, 2.45) is 0 Å². The molecule has 17 heavy (non-hydrogen) atoms. The zero-order chi connectivity index (χ0) is 12.9. The van der Waals surface area contributed by atoms with Gasteiger partial charge in [0, 0.05) is 13.7 Å². The molecule has 0 aromatic heterocycles. The van der Waals surface area contributed by atoms with E-state index in [0.717, 1.165) is 32.4 Å². The van der Waals surface area contributed by atoms with Gasteiger partial charge in [0.25, 0.3) is 0 Å². The third kappa shape index (κ3) is 3.68. The fraction of sp³-hybridized carbons (Fsp3) is 0.923. The molecule has 0 spiro atoms. The summed E-state index contributed by atoms with van der Waals surface area (Å²) in [5.41, 5.74) is -0.127. The lowest BCUT2D eigenvalue weighted by molar-refractivity contribution is -0.153. The first kappa shape index (κ1) is 14.5. The summed E-state index contributed by atoms with van der Waals surface area (Å²) in [5.74, 6) is -0.102. The first-order valence-electron chi connectivity index (χ1n) is 6.52. The summed E-state index contributed by atoms with van der Waals surface area (Å²) in [5, 5.41) is 0. The molecule has 0 aromatic rings. The normalized spacial score (nSPS) is 27.8. The molecule has 1 rings (SSSR count).